The first-order valence-corrected chi connectivity index (χ1v) is 6.24. The summed E-state index contributed by atoms with van der Waals surface area (Å²) < 4.78 is 0. The number of amides is 1. The van der Waals surface area contributed by atoms with Crippen LogP contribution in [0.2, 0.25) is 0 Å². The molecule has 0 unspecified atom stereocenters. The second kappa shape index (κ2) is 8.28. The highest BCUT2D eigenvalue weighted by Gasteiger charge is 2.05. The summed E-state index contributed by atoms with van der Waals surface area (Å²) in [6.07, 6.45) is 2.97. The van der Waals surface area contributed by atoms with Gasteiger partial charge in [0, 0.05) is 12.8 Å². The van der Waals surface area contributed by atoms with Gasteiger partial charge in [-0.3, -0.25) is 4.79 Å². The zero-order chi connectivity index (χ0) is 13.2. The molecule has 0 aliphatic rings. The lowest BCUT2D eigenvalue weighted by Crippen LogP contribution is -2.26. The fraction of sp³-hybridized carbons (Fsp3) is 0.429. The molecule has 0 aliphatic heterocycles. The van der Waals surface area contributed by atoms with Crippen LogP contribution in [0.4, 0.5) is 0 Å². The fourth-order valence-electron chi connectivity index (χ4n) is 1.52. The highest BCUT2D eigenvalue weighted by molar-refractivity contribution is 5.77. The molecule has 0 spiro atoms. The van der Waals surface area contributed by atoms with Crippen LogP contribution in [0.25, 0.3) is 0 Å². The van der Waals surface area contributed by atoms with Crippen molar-refractivity contribution in [1.82, 2.24) is 5.48 Å². The molecule has 0 fully saturated rings. The maximum Gasteiger partial charge on any atom is 0.332 e. The molecule has 98 valence electrons. The SMILES string of the molecule is CCCC(=O)ONC(=O)CCCc1ccccc1. The third-order valence-electron chi connectivity index (χ3n) is 2.44. The molecule has 4 nitrogen and oxygen atoms in total. The number of carbonyl (C=O) groups excluding carboxylic acids is 2. The zero-order valence-electron chi connectivity index (χ0n) is 10.6. The molecule has 0 saturated heterocycles. The van der Waals surface area contributed by atoms with Crippen molar-refractivity contribution < 1.29 is 14.4 Å². The normalized spacial score (nSPS) is 9.83. The molecule has 0 aliphatic carbocycles. The third-order valence-corrected chi connectivity index (χ3v) is 2.44. The van der Waals surface area contributed by atoms with Gasteiger partial charge in [-0.1, -0.05) is 37.3 Å². The lowest BCUT2D eigenvalue weighted by atomic mass is 10.1. The minimum absolute atomic E-state index is 0.254. The number of aryl methyl sites for hydroxylation is 1. The number of benzene rings is 1. The summed E-state index contributed by atoms with van der Waals surface area (Å²) >= 11 is 0. The molecule has 1 N–H and O–H groups in total. The highest BCUT2D eigenvalue weighted by atomic mass is 16.7. The van der Waals surface area contributed by atoms with Gasteiger partial charge in [0.15, 0.2) is 0 Å². The Kier molecular flexibility index (Phi) is 6.54. The Morgan fingerprint density at radius 3 is 2.56 bits per heavy atom. The van der Waals surface area contributed by atoms with Crippen molar-refractivity contribution >= 4 is 11.9 Å². The van der Waals surface area contributed by atoms with E-state index in [9.17, 15) is 9.59 Å². The molecule has 0 atom stereocenters. The molecule has 0 bridgehead atoms. The van der Waals surface area contributed by atoms with E-state index in [0.717, 1.165) is 12.8 Å². The van der Waals surface area contributed by atoms with Gasteiger partial charge >= 0.3 is 5.97 Å². The summed E-state index contributed by atoms with van der Waals surface area (Å²) in [7, 11) is 0. The van der Waals surface area contributed by atoms with Crippen molar-refractivity contribution in [1.29, 1.82) is 0 Å². The molecule has 4 heteroatoms. The largest absolute Gasteiger partial charge is 0.341 e. The van der Waals surface area contributed by atoms with E-state index in [1.807, 2.05) is 37.3 Å². The molecule has 1 rings (SSSR count). The average Bonchev–Trinajstić information content (AvgIpc) is 2.38. The summed E-state index contributed by atoms with van der Waals surface area (Å²) in [5, 5.41) is 0. The van der Waals surface area contributed by atoms with Gasteiger partial charge in [0.05, 0.1) is 0 Å². The van der Waals surface area contributed by atoms with E-state index in [4.69, 9.17) is 0 Å². The molecular weight excluding hydrogens is 230 g/mol. The Morgan fingerprint density at radius 2 is 1.89 bits per heavy atom. The molecular formula is C14H19NO3. The first-order chi connectivity index (χ1) is 8.72. The molecule has 0 radical (unpaired) electrons. The smallest absolute Gasteiger partial charge is 0.332 e. The number of rotatable bonds is 6. The second-order valence-electron chi connectivity index (χ2n) is 4.09. The van der Waals surface area contributed by atoms with Crippen molar-refractivity contribution in [2.24, 2.45) is 0 Å². The second-order valence-corrected chi connectivity index (χ2v) is 4.09. The van der Waals surface area contributed by atoms with Crippen LogP contribution in [0.1, 0.15) is 38.2 Å². The Labute approximate surface area is 107 Å². The minimum atomic E-state index is -0.395. The first-order valence-electron chi connectivity index (χ1n) is 6.24. The average molecular weight is 249 g/mol. The Balaban J connectivity index is 2.12. The van der Waals surface area contributed by atoms with Gasteiger partial charge in [-0.05, 0) is 24.8 Å². The van der Waals surface area contributed by atoms with Gasteiger partial charge in [-0.25, -0.2) is 4.79 Å². The van der Waals surface area contributed by atoms with Crippen molar-refractivity contribution in [2.45, 2.75) is 39.0 Å². The van der Waals surface area contributed by atoms with Gasteiger partial charge in [-0.2, -0.15) is 5.48 Å². The zero-order valence-corrected chi connectivity index (χ0v) is 10.6. The summed E-state index contributed by atoms with van der Waals surface area (Å²) in [5.41, 5.74) is 3.37. The Hall–Kier alpha value is -1.84. The van der Waals surface area contributed by atoms with E-state index in [1.54, 1.807) is 0 Å². The summed E-state index contributed by atoms with van der Waals surface area (Å²) in [6, 6.07) is 9.96. The lowest BCUT2D eigenvalue weighted by molar-refractivity contribution is -0.158. The van der Waals surface area contributed by atoms with E-state index >= 15 is 0 Å². The van der Waals surface area contributed by atoms with E-state index in [1.165, 1.54) is 5.56 Å². The number of hydrogen-bond donors (Lipinski definition) is 1. The quantitative estimate of drug-likeness (QED) is 0.787. The van der Waals surface area contributed by atoms with Gasteiger partial charge in [0.1, 0.15) is 0 Å². The number of carbonyl (C=O) groups is 2. The van der Waals surface area contributed by atoms with Crippen molar-refractivity contribution in [2.75, 3.05) is 0 Å². The van der Waals surface area contributed by atoms with E-state index < -0.39 is 5.97 Å². The maximum absolute atomic E-state index is 11.4. The standard InChI is InChI=1S/C14H19NO3/c1-2-7-14(17)18-15-13(16)11-6-10-12-8-4-3-5-9-12/h3-5,8-9H,2,6-7,10-11H2,1H3,(H,15,16). The molecule has 0 saturated carbocycles. The fourth-order valence-corrected chi connectivity index (χ4v) is 1.52. The monoisotopic (exact) mass is 249 g/mol. The summed E-state index contributed by atoms with van der Waals surface area (Å²) in [6.45, 7) is 1.88. The van der Waals surface area contributed by atoms with Crippen LogP contribution in [-0.4, -0.2) is 11.9 Å². The van der Waals surface area contributed by atoms with Crippen molar-refractivity contribution in [3.63, 3.8) is 0 Å². The molecule has 18 heavy (non-hydrogen) atoms. The Morgan fingerprint density at radius 1 is 1.17 bits per heavy atom. The highest BCUT2D eigenvalue weighted by Crippen LogP contribution is 2.04. The topological polar surface area (TPSA) is 55.4 Å². The third kappa shape index (κ3) is 6.03. The van der Waals surface area contributed by atoms with Crippen LogP contribution in [0.15, 0.2) is 30.3 Å². The van der Waals surface area contributed by atoms with Crippen LogP contribution in [0.3, 0.4) is 0 Å². The van der Waals surface area contributed by atoms with E-state index in [2.05, 4.69) is 10.3 Å². The van der Waals surface area contributed by atoms with Crippen LogP contribution >= 0.6 is 0 Å². The summed E-state index contributed by atoms with van der Waals surface area (Å²) in [4.78, 5) is 27.0. The van der Waals surface area contributed by atoms with E-state index in [0.29, 0.717) is 19.3 Å². The lowest BCUT2D eigenvalue weighted by Gasteiger charge is -2.05. The van der Waals surface area contributed by atoms with Crippen LogP contribution < -0.4 is 5.48 Å². The maximum atomic E-state index is 11.4. The van der Waals surface area contributed by atoms with Gasteiger partial charge in [-0.15, -0.1) is 0 Å². The first kappa shape index (κ1) is 14.2. The summed E-state index contributed by atoms with van der Waals surface area (Å²) in [5.74, 6) is -0.649. The van der Waals surface area contributed by atoms with Crippen molar-refractivity contribution in [3.8, 4) is 0 Å². The van der Waals surface area contributed by atoms with Crippen LogP contribution in [0, 0.1) is 0 Å². The minimum Gasteiger partial charge on any atom is -0.341 e. The van der Waals surface area contributed by atoms with Crippen molar-refractivity contribution in [3.05, 3.63) is 35.9 Å². The number of hydrogen-bond acceptors (Lipinski definition) is 3. The Bertz CT molecular complexity index is 376. The predicted octanol–water partition coefficient (Wildman–Crippen LogP) is 2.38. The number of nitrogens with one attached hydrogen (secondary N) is 1. The van der Waals surface area contributed by atoms with Gasteiger partial charge < -0.3 is 4.84 Å². The molecule has 1 aromatic rings. The van der Waals surface area contributed by atoms with E-state index in [-0.39, 0.29) is 5.91 Å². The van der Waals surface area contributed by atoms with Gasteiger partial charge in [0.25, 0.3) is 5.91 Å². The predicted molar refractivity (Wildman–Crippen MR) is 68.5 cm³/mol. The molecule has 0 heterocycles. The van der Waals surface area contributed by atoms with Crippen LogP contribution in [-0.2, 0) is 20.8 Å². The number of hydroxylamine groups is 1. The van der Waals surface area contributed by atoms with Gasteiger partial charge in [0.2, 0.25) is 0 Å². The molecule has 0 aromatic heterocycles. The molecule has 1 amide bonds. The van der Waals surface area contributed by atoms with Crippen LogP contribution in [0.5, 0.6) is 0 Å². The molecule has 1 aromatic carbocycles.